The molecule has 0 unspecified atom stereocenters. The highest BCUT2D eigenvalue weighted by Gasteiger charge is 2.29. The molecule has 0 spiro atoms. The van der Waals surface area contributed by atoms with Crippen molar-refractivity contribution in [1.29, 1.82) is 0 Å². The molecule has 2 heterocycles. The standard InChI is InChI=1S/C21H19BrN2O5S/c1-28-16-6-8-17(9-7-16)30(26,27)24-12-2-3-14-4-5-15(13-18(14)24)23-21(25)19-10-11-20(22)29-19/h4-11,13H,2-3,12H2,1H3,(H,23,25). The predicted octanol–water partition coefficient (Wildman–Crippen LogP) is 4.44. The molecule has 1 aliphatic heterocycles. The van der Waals surface area contributed by atoms with Crippen LogP contribution in [0, 0.1) is 0 Å². The molecule has 0 radical (unpaired) electrons. The fraction of sp³-hybridized carbons (Fsp3) is 0.190. The van der Waals surface area contributed by atoms with Crippen molar-refractivity contribution in [1.82, 2.24) is 0 Å². The Labute approximate surface area is 182 Å². The van der Waals surface area contributed by atoms with E-state index in [2.05, 4.69) is 21.2 Å². The molecule has 9 heteroatoms. The van der Waals surface area contributed by atoms with Gasteiger partial charge >= 0.3 is 0 Å². The van der Waals surface area contributed by atoms with Crippen molar-refractivity contribution in [2.45, 2.75) is 17.7 Å². The van der Waals surface area contributed by atoms with Gasteiger partial charge in [-0.05, 0) is 82.9 Å². The van der Waals surface area contributed by atoms with Crippen molar-refractivity contribution in [3.8, 4) is 5.75 Å². The molecular formula is C21H19BrN2O5S. The summed E-state index contributed by atoms with van der Waals surface area (Å²) >= 11 is 3.17. The summed E-state index contributed by atoms with van der Waals surface area (Å²) in [6.45, 7) is 0.365. The van der Waals surface area contributed by atoms with Crippen LogP contribution < -0.4 is 14.4 Å². The molecule has 156 valence electrons. The minimum atomic E-state index is -3.75. The number of halogens is 1. The lowest BCUT2D eigenvalue weighted by Crippen LogP contribution is -2.35. The van der Waals surface area contributed by atoms with E-state index in [4.69, 9.17) is 9.15 Å². The van der Waals surface area contributed by atoms with Crippen LogP contribution in [0.2, 0.25) is 0 Å². The highest BCUT2D eigenvalue weighted by Crippen LogP contribution is 2.34. The van der Waals surface area contributed by atoms with Gasteiger partial charge in [-0.25, -0.2) is 8.42 Å². The summed E-state index contributed by atoms with van der Waals surface area (Å²) in [6, 6.07) is 14.8. The second kappa shape index (κ2) is 8.16. The Morgan fingerprint density at radius 3 is 2.57 bits per heavy atom. The number of nitrogens with one attached hydrogen (secondary N) is 1. The first-order valence-corrected chi connectivity index (χ1v) is 11.5. The maximum Gasteiger partial charge on any atom is 0.291 e. The molecule has 7 nitrogen and oxygen atoms in total. The van der Waals surface area contributed by atoms with Crippen LogP contribution in [0.15, 0.2) is 68.6 Å². The number of carbonyl (C=O) groups excluding carboxylic acids is 1. The Morgan fingerprint density at radius 2 is 1.90 bits per heavy atom. The molecule has 4 rings (SSSR count). The lowest BCUT2D eigenvalue weighted by molar-refractivity contribution is 0.0995. The average molecular weight is 491 g/mol. The maximum atomic E-state index is 13.3. The normalized spacial score (nSPS) is 13.6. The number of carbonyl (C=O) groups is 1. The van der Waals surface area contributed by atoms with E-state index in [1.54, 1.807) is 36.4 Å². The predicted molar refractivity (Wildman–Crippen MR) is 117 cm³/mol. The Hall–Kier alpha value is -2.78. The number of nitrogens with zero attached hydrogens (tertiary/aromatic N) is 1. The first kappa shape index (κ1) is 20.5. The zero-order chi connectivity index (χ0) is 21.3. The van der Waals surface area contributed by atoms with Crippen molar-refractivity contribution in [3.05, 3.63) is 70.6 Å². The summed E-state index contributed by atoms with van der Waals surface area (Å²) < 4.78 is 38.8. The van der Waals surface area contributed by atoms with Gasteiger partial charge in [0, 0.05) is 12.2 Å². The van der Waals surface area contributed by atoms with Crippen LogP contribution in [0.1, 0.15) is 22.5 Å². The molecule has 30 heavy (non-hydrogen) atoms. The summed E-state index contributed by atoms with van der Waals surface area (Å²) in [5, 5.41) is 2.76. The number of anilines is 2. The first-order valence-electron chi connectivity index (χ1n) is 9.25. The third-order valence-corrected chi connectivity index (χ3v) is 7.12. The van der Waals surface area contributed by atoms with Gasteiger partial charge in [0.25, 0.3) is 15.9 Å². The quantitative estimate of drug-likeness (QED) is 0.570. The number of ether oxygens (including phenoxy) is 1. The average Bonchev–Trinajstić information content (AvgIpc) is 3.19. The third kappa shape index (κ3) is 3.95. The molecule has 0 atom stereocenters. The van der Waals surface area contributed by atoms with Gasteiger partial charge in [-0.3, -0.25) is 9.10 Å². The number of rotatable bonds is 5. The van der Waals surface area contributed by atoms with Crippen molar-refractivity contribution < 1.29 is 22.4 Å². The fourth-order valence-electron chi connectivity index (χ4n) is 3.37. The molecule has 0 bridgehead atoms. The number of furan rings is 1. The van der Waals surface area contributed by atoms with Gasteiger partial charge < -0.3 is 14.5 Å². The second-order valence-corrected chi connectivity index (χ2v) is 9.40. The van der Waals surface area contributed by atoms with E-state index in [0.717, 1.165) is 12.0 Å². The van der Waals surface area contributed by atoms with E-state index in [1.807, 2.05) is 6.07 Å². The number of amides is 1. The number of methoxy groups -OCH3 is 1. The van der Waals surface area contributed by atoms with E-state index in [-0.39, 0.29) is 10.7 Å². The summed E-state index contributed by atoms with van der Waals surface area (Å²) in [4.78, 5) is 12.6. The molecule has 0 saturated heterocycles. The monoisotopic (exact) mass is 490 g/mol. The SMILES string of the molecule is COc1ccc(S(=O)(=O)N2CCCc3ccc(NC(=O)c4ccc(Br)o4)cc32)cc1. The molecule has 1 amide bonds. The Balaban J connectivity index is 1.65. The first-order chi connectivity index (χ1) is 14.4. The fourth-order valence-corrected chi connectivity index (χ4v) is 5.21. The van der Waals surface area contributed by atoms with Gasteiger partial charge in [0.05, 0.1) is 17.7 Å². The van der Waals surface area contributed by atoms with Crippen molar-refractivity contribution in [2.75, 3.05) is 23.3 Å². The smallest absolute Gasteiger partial charge is 0.291 e. The largest absolute Gasteiger partial charge is 0.497 e. The third-order valence-electron chi connectivity index (χ3n) is 4.86. The van der Waals surface area contributed by atoms with Crippen molar-refractivity contribution >= 4 is 43.2 Å². The van der Waals surface area contributed by atoms with Crippen molar-refractivity contribution in [3.63, 3.8) is 0 Å². The summed E-state index contributed by atoms with van der Waals surface area (Å²) in [5.74, 6) is 0.325. The molecule has 0 aliphatic carbocycles. The Bertz CT molecular complexity index is 1190. The summed E-state index contributed by atoms with van der Waals surface area (Å²) in [6.07, 6.45) is 1.48. The van der Waals surface area contributed by atoms with Gasteiger partial charge in [-0.1, -0.05) is 6.07 Å². The molecule has 0 fully saturated rings. The number of hydrogen-bond donors (Lipinski definition) is 1. The lowest BCUT2D eigenvalue weighted by atomic mass is 10.0. The number of sulfonamides is 1. The molecule has 2 aromatic carbocycles. The Kier molecular flexibility index (Phi) is 5.57. The number of aryl methyl sites for hydroxylation is 1. The maximum absolute atomic E-state index is 13.3. The topological polar surface area (TPSA) is 88.9 Å². The van der Waals surface area contributed by atoms with Crippen LogP contribution in [-0.2, 0) is 16.4 Å². The van der Waals surface area contributed by atoms with Crippen molar-refractivity contribution in [2.24, 2.45) is 0 Å². The van der Waals surface area contributed by atoms with Crippen LogP contribution in [-0.4, -0.2) is 28.0 Å². The molecule has 1 N–H and O–H groups in total. The van der Waals surface area contributed by atoms with Crippen LogP contribution in [0.5, 0.6) is 5.75 Å². The van der Waals surface area contributed by atoms with Gasteiger partial charge in [0.15, 0.2) is 10.4 Å². The molecule has 0 saturated carbocycles. The van der Waals surface area contributed by atoms with Crippen LogP contribution >= 0.6 is 15.9 Å². The van der Waals surface area contributed by atoms with Crippen LogP contribution in [0.4, 0.5) is 11.4 Å². The number of benzene rings is 2. The summed E-state index contributed by atoms with van der Waals surface area (Å²) in [5.41, 5.74) is 1.97. The van der Waals surface area contributed by atoms with Gasteiger partial charge in [0.1, 0.15) is 5.75 Å². The van der Waals surface area contributed by atoms with E-state index >= 15 is 0 Å². The molecule has 3 aromatic rings. The van der Waals surface area contributed by atoms with Gasteiger partial charge in [0.2, 0.25) is 0 Å². The van der Waals surface area contributed by atoms with Crippen LogP contribution in [0.3, 0.4) is 0 Å². The van der Waals surface area contributed by atoms with Gasteiger partial charge in [-0.15, -0.1) is 0 Å². The molecular weight excluding hydrogens is 472 g/mol. The van der Waals surface area contributed by atoms with E-state index in [0.29, 0.717) is 34.8 Å². The van der Waals surface area contributed by atoms with E-state index < -0.39 is 15.9 Å². The second-order valence-electron chi connectivity index (χ2n) is 6.76. The molecule has 1 aromatic heterocycles. The summed E-state index contributed by atoms with van der Waals surface area (Å²) in [7, 11) is -2.22. The number of hydrogen-bond acceptors (Lipinski definition) is 5. The highest BCUT2D eigenvalue weighted by atomic mass is 79.9. The van der Waals surface area contributed by atoms with Gasteiger partial charge in [-0.2, -0.15) is 0 Å². The lowest BCUT2D eigenvalue weighted by Gasteiger charge is -2.31. The minimum Gasteiger partial charge on any atom is -0.497 e. The number of fused-ring (bicyclic) bond motifs is 1. The zero-order valence-corrected chi connectivity index (χ0v) is 18.5. The van der Waals surface area contributed by atoms with E-state index in [1.165, 1.54) is 23.5 Å². The zero-order valence-electron chi connectivity index (χ0n) is 16.1. The highest BCUT2D eigenvalue weighted by molar-refractivity contribution is 9.10. The molecule has 1 aliphatic rings. The van der Waals surface area contributed by atoms with E-state index in [9.17, 15) is 13.2 Å². The Morgan fingerprint density at radius 1 is 1.13 bits per heavy atom. The van der Waals surface area contributed by atoms with Crippen LogP contribution in [0.25, 0.3) is 0 Å². The minimum absolute atomic E-state index is 0.155.